The summed E-state index contributed by atoms with van der Waals surface area (Å²) >= 11 is 0. The minimum absolute atomic E-state index is 0.149. The van der Waals surface area contributed by atoms with Crippen LogP contribution in [0.15, 0.2) is 36.4 Å². The fourth-order valence-electron chi connectivity index (χ4n) is 2.34. The lowest BCUT2D eigenvalue weighted by atomic mass is 9.92. The van der Waals surface area contributed by atoms with E-state index in [2.05, 4.69) is 24.3 Å². The van der Waals surface area contributed by atoms with Gasteiger partial charge in [-0.05, 0) is 35.2 Å². The number of benzene rings is 2. The summed E-state index contributed by atoms with van der Waals surface area (Å²) in [7, 11) is 0. The molecule has 0 fully saturated rings. The minimum Gasteiger partial charge on any atom is -0.370 e. The van der Waals surface area contributed by atoms with E-state index in [9.17, 15) is 4.79 Å². The maximum absolute atomic E-state index is 10.9. The van der Waals surface area contributed by atoms with Gasteiger partial charge in [0, 0.05) is 12.5 Å². The maximum atomic E-state index is 10.9. The molecular formula is C15H18N2O. The standard InChI is InChI=1S/C15H18N2O/c1-10-6-7-11-4-2-3-5-12(11)15(10)13(16)8-9-14(17)18/h2-7,13H,8-9,16H2,1H3,(H2,17,18). The molecule has 2 rings (SSSR count). The molecule has 1 amide bonds. The van der Waals surface area contributed by atoms with Gasteiger partial charge in [-0.3, -0.25) is 4.79 Å². The van der Waals surface area contributed by atoms with E-state index in [1.54, 1.807) is 0 Å². The Bertz CT molecular complexity index is 578. The summed E-state index contributed by atoms with van der Waals surface area (Å²) in [5, 5.41) is 2.34. The van der Waals surface area contributed by atoms with Crippen molar-refractivity contribution >= 4 is 16.7 Å². The fourth-order valence-corrected chi connectivity index (χ4v) is 2.34. The van der Waals surface area contributed by atoms with E-state index in [-0.39, 0.29) is 11.9 Å². The van der Waals surface area contributed by atoms with Crippen molar-refractivity contribution in [3.63, 3.8) is 0 Å². The first-order valence-corrected chi connectivity index (χ1v) is 6.11. The number of rotatable bonds is 4. The molecule has 0 heterocycles. The monoisotopic (exact) mass is 242 g/mol. The summed E-state index contributed by atoms with van der Waals surface area (Å²) in [4.78, 5) is 10.9. The lowest BCUT2D eigenvalue weighted by molar-refractivity contribution is -0.118. The number of nitrogens with two attached hydrogens (primary N) is 2. The van der Waals surface area contributed by atoms with Gasteiger partial charge in [-0.1, -0.05) is 36.4 Å². The van der Waals surface area contributed by atoms with E-state index >= 15 is 0 Å². The van der Waals surface area contributed by atoms with Crippen LogP contribution >= 0.6 is 0 Å². The molecule has 0 spiro atoms. The lowest BCUT2D eigenvalue weighted by Crippen LogP contribution is -2.17. The predicted octanol–water partition coefficient (Wildman–Crippen LogP) is 2.41. The van der Waals surface area contributed by atoms with Gasteiger partial charge in [0.25, 0.3) is 0 Å². The van der Waals surface area contributed by atoms with Crippen LogP contribution in [-0.2, 0) is 4.79 Å². The van der Waals surface area contributed by atoms with Crippen LogP contribution < -0.4 is 11.5 Å². The summed E-state index contributed by atoms with van der Waals surface area (Å²) in [6.07, 6.45) is 0.911. The molecule has 18 heavy (non-hydrogen) atoms. The van der Waals surface area contributed by atoms with Crippen LogP contribution in [0.2, 0.25) is 0 Å². The Balaban J connectivity index is 2.42. The third-order valence-electron chi connectivity index (χ3n) is 3.26. The molecule has 0 radical (unpaired) electrons. The minimum atomic E-state index is -0.302. The zero-order valence-electron chi connectivity index (χ0n) is 10.5. The molecular weight excluding hydrogens is 224 g/mol. The van der Waals surface area contributed by atoms with E-state index in [0.717, 1.165) is 16.5 Å². The first-order chi connectivity index (χ1) is 8.59. The average molecular weight is 242 g/mol. The smallest absolute Gasteiger partial charge is 0.217 e. The van der Waals surface area contributed by atoms with E-state index < -0.39 is 0 Å². The van der Waals surface area contributed by atoms with E-state index in [1.165, 1.54) is 5.39 Å². The second-order valence-corrected chi connectivity index (χ2v) is 4.63. The van der Waals surface area contributed by atoms with E-state index in [4.69, 9.17) is 11.5 Å². The second kappa shape index (κ2) is 5.19. The molecule has 3 heteroatoms. The Morgan fingerprint density at radius 3 is 2.67 bits per heavy atom. The number of amides is 1. The molecule has 1 atom stereocenters. The van der Waals surface area contributed by atoms with Crippen molar-refractivity contribution in [1.29, 1.82) is 0 Å². The van der Waals surface area contributed by atoms with E-state index in [1.807, 2.05) is 19.1 Å². The highest BCUT2D eigenvalue weighted by molar-refractivity contribution is 5.87. The molecule has 2 aromatic rings. The van der Waals surface area contributed by atoms with Gasteiger partial charge in [0.15, 0.2) is 0 Å². The van der Waals surface area contributed by atoms with Crippen LogP contribution in [0.4, 0.5) is 0 Å². The second-order valence-electron chi connectivity index (χ2n) is 4.63. The van der Waals surface area contributed by atoms with Crippen LogP contribution in [0.25, 0.3) is 10.8 Å². The van der Waals surface area contributed by atoms with Crippen molar-refractivity contribution in [2.75, 3.05) is 0 Å². The van der Waals surface area contributed by atoms with Gasteiger partial charge in [0.05, 0.1) is 0 Å². The topological polar surface area (TPSA) is 69.1 Å². The molecule has 2 aromatic carbocycles. The summed E-state index contributed by atoms with van der Waals surface area (Å²) in [5.74, 6) is -0.302. The first kappa shape index (κ1) is 12.6. The number of carbonyl (C=O) groups excluding carboxylic acids is 1. The summed E-state index contributed by atoms with van der Waals surface area (Å²) < 4.78 is 0. The Kier molecular flexibility index (Phi) is 3.63. The highest BCUT2D eigenvalue weighted by atomic mass is 16.1. The number of carbonyl (C=O) groups is 1. The number of hydrogen-bond acceptors (Lipinski definition) is 2. The van der Waals surface area contributed by atoms with E-state index in [0.29, 0.717) is 12.8 Å². The molecule has 94 valence electrons. The molecule has 0 aliphatic carbocycles. The van der Waals surface area contributed by atoms with Gasteiger partial charge in [0.2, 0.25) is 5.91 Å². The largest absolute Gasteiger partial charge is 0.370 e. The van der Waals surface area contributed by atoms with Crippen molar-refractivity contribution in [3.05, 3.63) is 47.5 Å². The van der Waals surface area contributed by atoms with Crippen LogP contribution in [-0.4, -0.2) is 5.91 Å². The Morgan fingerprint density at radius 2 is 1.94 bits per heavy atom. The number of fused-ring (bicyclic) bond motifs is 1. The molecule has 0 saturated carbocycles. The summed E-state index contributed by atoms with van der Waals surface area (Å²) in [6.45, 7) is 2.05. The molecule has 0 bridgehead atoms. The number of primary amides is 1. The van der Waals surface area contributed by atoms with Crippen LogP contribution in [0.5, 0.6) is 0 Å². The van der Waals surface area contributed by atoms with Crippen molar-refractivity contribution < 1.29 is 4.79 Å². The Morgan fingerprint density at radius 1 is 1.22 bits per heavy atom. The van der Waals surface area contributed by atoms with Crippen molar-refractivity contribution in [3.8, 4) is 0 Å². The highest BCUT2D eigenvalue weighted by Crippen LogP contribution is 2.28. The summed E-state index contributed by atoms with van der Waals surface area (Å²) in [5.41, 5.74) is 13.7. The molecule has 0 aliphatic heterocycles. The highest BCUT2D eigenvalue weighted by Gasteiger charge is 2.13. The van der Waals surface area contributed by atoms with Gasteiger partial charge in [-0.15, -0.1) is 0 Å². The van der Waals surface area contributed by atoms with Gasteiger partial charge < -0.3 is 11.5 Å². The summed E-state index contributed by atoms with van der Waals surface area (Å²) in [6, 6.07) is 12.2. The van der Waals surface area contributed by atoms with Crippen LogP contribution in [0.1, 0.15) is 30.0 Å². The fraction of sp³-hybridized carbons (Fsp3) is 0.267. The molecule has 1 unspecified atom stereocenters. The van der Waals surface area contributed by atoms with Gasteiger partial charge >= 0.3 is 0 Å². The van der Waals surface area contributed by atoms with Crippen molar-refractivity contribution in [1.82, 2.24) is 0 Å². The maximum Gasteiger partial charge on any atom is 0.217 e. The third kappa shape index (κ3) is 2.51. The quantitative estimate of drug-likeness (QED) is 0.864. The Hall–Kier alpha value is -1.87. The van der Waals surface area contributed by atoms with Gasteiger partial charge in [-0.2, -0.15) is 0 Å². The van der Waals surface area contributed by atoms with Crippen LogP contribution in [0, 0.1) is 6.92 Å². The zero-order valence-corrected chi connectivity index (χ0v) is 10.5. The molecule has 0 saturated heterocycles. The van der Waals surface area contributed by atoms with Gasteiger partial charge in [0.1, 0.15) is 0 Å². The van der Waals surface area contributed by atoms with Crippen molar-refractivity contribution in [2.24, 2.45) is 11.5 Å². The Labute approximate surface area is 107 Å². The number of hydrogen-bond donors (Lipinski definition) is 2. The molecule has 3 nitrogen and oxygen atoms in total. The average Bonchev–Trinajstić information content (AvgIpc) is 2.36. The van der Waals surface area contributed by atoms with Crippen molar-refractivity contribution in [2.45, 2.75) is 25.8 Å². The van der Waals surface area contributed by atoms with Crippen LogP contribution in [0.3, 0.4) is 0 Å². The lowest BCUT2D eigenvalue weighted by Gasteiger charge is -2.17. The van der Waals surface area contributed by atoms with Gasteiger partial charge in [-0.25, -0.2) is 0 Å². The predicted molar refractivity (Wildman–Crippen MR) is 74.0 cm³/mol. The molecule has 4 N–H and O–H groups in total. The SMILES string of the molecule is Cc1ccc2ccccc2c1C(N)CCC(N)=O. The first-order valence-electron chi connectivity index (χ1n) is 6.11. The zero-order chi connectivity index (χ0) is 13.1. The normalized spacial score (nSPS) is 12.6. The molecule has 0 aromatic heterocycles. The number of aryl methyl sites for hydroxylation is 1. The third-order valence-corrected chi connectivity index (χ3v) is 3.26. The molecule has 0 aliphatic rings.